The molecule has 0 radical (unpaired) electrons. The minimum absolute atomic E-state index is 0. The third-order valence-electron chi connectivity index (χ3n) is 5.12. The number of hydrogen-bond acceptors (Lipinski definition) is 3. The molecule has 5 heteroatoms. The lowest BCUT2D eigenvalue weighted by Gasteiger charge is -2.46. The van der Waals surface area contributed by atoms with Gasteiger partial charge in [-0.2, -0.15) is 11.8 Å². The van der Waals surface area contributed by atoms with Gasteiger partial charge >= 0.3 is 0 Å². The highest BCUT2D eigenvalue weighted by Gasteiger charge is 2.42. The average Bonchev–Trinajstić information content (AvgIpc) is 2.55. The zero-order valence-electron chi connectivity index (χ0n) is 13.8. The minimum Gasteiger partial charge on any atom is -0.339 e. The predicted octanol–water partition coefficient (Wildman–Crippen LogP) is 3.56. The molecule has 1 aliphatic carbocycles. The molecule has 1 aromatic carbocycles. The van der Waals surface area contributed by atoms with Crippen molar-refractivity contribution in [2.45, 2.75) is 49.3 Å². The smallest absolute Gasteiger partial charge is 0.247 e. The Hall–Kier alpha value is -0.710. The molecule has 2 N–H and O–H groups in total. The van der Waals surface area contributed by atoms with Crippen LogP contribution in [0.3, 0.4) is 0 Å². The number of halogens is 1. The van der Waals surface area contributed by atoms with E-state index in [-0.39, 0.29) is 18.3 Å². The molecule has 3 rings (SSSR count). The summed E-state index contributed by atoms with van der Waals surface area (Å²) in [6.07, 6.45) is 6.43. The largest absolute Gasteiger partial charge is 0.339 e. The zero-order chi connectivity index (χ0) is 15.6. The predicted molar refractivity (Wildman–Crippen MR) is 100 cm³/mol. The van der Waals surface area contributed by atoms with E-state index >= 15 is 0 Å². The molecule has 1 heterocycles. The maximum atomic E-state index is 13.0. The van der Waals surface area contributed by atoms with E-state index < -0.39 is 5.54 Å². The molecule has 1 spiro atoms. The van der Waals surface area contributed by atoms with Gasteiger partial charge in [-0.15, -0.1) is 12.4 Å². The van der Waals surface area contributed by atoms with Crippen molar-refractivity contribution < 1.29 is 4.79 Å². The fraction of sp³-hybridized carbons (Fsp3) is 0.611. The van der Waals surface area contributed by atoms with E-state index in [1.807, 2.05) is 42.2 Å². The number of nitrogens with two attached hydrogens (primary N) is 1. The van der Waals surface area contributed by atoms with Crippen LogP contribution in [0, 0.1) is 0 Å². The second-order valence-corrected chi connectivity index (χ2v) is 8.45. The van der Waals surface area contributed by atoms with Gasteiger partial charge < -0.3 is 10.6 Å². The molecule has 3 nitrogen and oxygen atoms in total. The Kier molecular flexibility index (Phi) is 6.04. The highest BCUT2D eigenvalue weighted by molar-refractivity contribution is 8.00. The monoisotopic (exact) mass is 354 g/mol. The molecule has 1 amide bonds. The molecular formula is C18H27ClN2OS. The lowest BCUT2D eigenvalue weighted by Crippen LogP contribution is -2.57. The molecule has 1 aliphatic heterocycles. The summed E-state index contributed by atoms with van der Waals surface area (Å²) in [6.45, 7) is 3.54. The maximum Gasteiger partial charge on any atom is 0.247 e. The maximum absolute atomic E-state index is 13.0. The molecule has 0 bridgehead atoms. The standard InChI is InChI=1S/C18H26N2OS.ClH/c1-17(19,15-8-4-2-5-9-15)16(21)20-12-13-22-18(14-20)10-6-3-7-11-18;/h2,4-5,8-9H,3,6-7,10-14,19H2,1H3;1H. The van der Waals surface area contributed by atoms with Crippen LogP contribution in [0.5, 0.6) is 0 Å². The van der Waals surface area contributed by atoms with Crippen LogP contribution in [-0.2, 0) is 10.3 Å². The number of carbonyl (C=O) groups is 1. The van der Waals surface area contributed by atoms with Gasteiger partial charge in [0, 0.05) is 23.6 Å². The fourth-order valence-corrected chi connectivity index (χ4v) is 5.32. The van der Waals surface area contributed by atoms with Crippen LogP contribution in [0.25, 0.3) is 0 Å². The van der Waals surface area contributed by atoms with Gasteiger partial charge in [-0.25, -0.2) is 0 Å². The number of nitrogens with zero attached hydrogens (tertiary/aromatic N) is 1. The van der Waals surface area contributed by atoms with Crippen molar-refractivity contribution >= 4 is 30.1 Å². The van der Waals surface area contributed by atoms with Crippen molar-refractivity contribution in [3.63, 3.8) is 0 Å². The van der Waals surface area contributed by atoms with Gasteiger partial charge in [0.15, 0.2) is 0 Å². The van der Waals surface area contributed by atoms with Crippen molar-refractivity contribution in [1.82, 2.24) is 4.90 Å². The topological polar surface area (TPSA) is 46.3 Å². The molecule has 2 aliphatic rings. The van der Waals surface area contributed by atoms with E-state index in [0.29, 0.717) is 4.75 Å². The third-order valence-corrected chi connectivity index (χ3v) is 6.65. The molecule has 1 saturated heterocycles. The molecule has 0 aromatic heterocycles. The zero-order valence-corrected chi connectivity index (χ0v) is 15.4. The van der Waals surface area contributed by atoms with Gasteiger partial charge in [0.05, 0.1) is 0 Å². The van der Waals surface area contributed by atoms with Crippen molar-refractivity contribution in [2.75, 3.05) is 18.8 Å². The Labute approximate surface area is 149 Å². The fourth-order valence-electron chi connectivity index (χ4n) is 3.75. The summed E-state index contributed by atoms with van der Waals surface area (Å²) in [4.78, 5) is 15.1. The average molecular weight is 355 g/mol. The summed E-state index contributed by atoms with van der Waals surface area (Å²) >= 11 is 2.08. The summed E-state index contributed by atoms with van der Waals surface area (Å²) in [5.41, 5.74) is 6.40. The van der Waals surface area contributed by atoms with Crippen molar-refractivity contribution in [3.05, 3.63) is 35.9 Å². The Morgan fingerprint density at radius 2 is 1.87 bits per heavy atom. The van der Waals surface area contributed by atoms with E-state index in [2.05, 4.69) is 11.8 Å². The molecule has 1 unspecified atom stereocenters. The highest BCUT2D eigenvalue weighted by atomic mass is 35.5. The van der Waals surface area contributed by atoms with E-state index in [4.69, 9.17) is 5.73 Å². The molecule has 128 valence electrons. The molecule has 2 fully saturated rings. The van der Waals surface area contributed by atoms with Gasteiger partial charge in [-0.1, -0.05) is 49.6 Å². The first-order chi connectivity index (χ1) is 10.5. The molecular weight excluding hydrogens is 328 g/mol. The van der Waals surface area contributed by atoms with Crippen molar-refractivity contribution in [3.8, 4) is 0 Å². The number of benzene rings is 1. The van der Waals surface area contributed by atoms with Crippen LogP contribution in [0.4, 0.5) is 0 Å². The molecule has 1 saturated carbocycles. The Morgan fingerprint density at radius 3 is 2.52 bits per heavy atom. The van der Waals surface area contributed by atoms with Crippen molar-refractivity contribution in [2.24, 2.45) is 5.73 Å². The minimum atomic E-state index is -0.931. The number of carbonyl (C=O) groups excluding carboxylic acids is 1. The van der Waals surface area contributed by atoms with Gasteiger partial charge in [0.25, 0.3) is 0 Å². The Morgan fingerprint density at radius 1 is 1.22 bits per heavy atom. The van der Waals surface area contributed by atoms with Crippen LogP contribution in [0.1, 0.15) is 44.6 Å². The number of thioether (sulfide) groups is 1. The molecule has 1 atom stereocenters. The van der Waals surface area contributed by atoms with Gasteiger partial charge in [-0.3, -0.25) is 4.79 Å². The van der Waals surface area contributed by atoms with Gasteiger partial charge in [0.1, 0.15) is 5.54 Å². The normalized spacial score (nSPS) is 23.0. The van der Waals surface area contributed by atoms with Gasteiger partial charge in [-0.05, 0) is 25.3 Å². The van der Waals surface area contributed by atoms with E-state index in [9.17, 15) is 4.79 Å². The Balaban J connectivity index is 0.00000192. The van der Waals surface area contributed by atoms with E-state index in [1.54, 1.807) is 0 Å². The summed E-state index contributed by atoms with van der Waals surface area (Å²) in [5, 5.41) is 0. The lowest BCUT2D eigenvalue weighted by molar-refractivity contribution is -0.137. The molecule has 23 heavy (non-hydrogen) atoms. The molecule has 1 aromatic rings. The Bertz CT molecular complexity index is 524. The first-order valence-corrected chi connectivity index (χ1v) is 9.30. The van der Waals surface area contributed by atoms with Gasteiger partial charge in [0.2, 0.25) is 5.91 Å². The van der Waals surface area contributed by atoms with Crippen LogP contribution in [0.15, 0.2) is 30.3 Å². The SMILES string of the molecule is CC(N)(C(=O)N1CCSC2(CCCCC2)C1)c1ccccc1.Cl. The van der Waals surface area contributed by atoms with Crippen LogP contribution < -0.4 is 5.73 Å². The second kappa shape index (κ2) is 7.45. The van der Waals surface area contributed by atoms with Crippen LogP contribution >= 0.6 is 24.2 Å². The first-order valence-electron chi connectivity index (χ1n) is 8.31. The third kappa shape index (κ3) is 3.86. The highest BCUT2D eigenvalue weighted by Crippen LogP contribution is 2.43. The van der Waals surface area contributed by atoms with E-state index in [0.717, 1.165) is 24.4 Å². The van der Waals surface area contributed by atoms with Crippen molar-refractivity contribution in [1.29, 1.82) is 0 Å². The first kappa shape index (κ1) is 18.6. The summed E-state index contributed by atoms with van der Waals surface area (Å²) < 4.78 is 0.291. The number of hydrogen-bond donors (Lipinski definition) is 1. The number of rotatable bonds is 2. The summed E-state index contributed by atoms with van der Waals surface area (Å²) in [7, 11) is 0. The lowest BCUT2D eigenvalue weighted by atomic mass is 9.86. The van der Waals surface area contributed by atoms with Crippen LogP contribution in [0.2, 0.25) is 0 Å². The second-order valence-electron chi connectivity index (χ2n) is 6.89. The summed E-state index contributed by atoms with van der Waals surface area (Å²) in [5.74, 6) is 1.11. The number of amides is 1. The van der Waals surface area contributed by atoms with E-state index in [1.165, 1.54) is 32.1 Å². The summed E-state index contributed by atoms with van der Waals surface area (Å²) in [6, 6.07) is 9.75. The van der Waals surface area contributed by atoms with Crippen LogP contribution in [-0.4, -0.2) is 34.4 Å². The quantitative estimate of drug-likeness (QED) is 0.883.